The van der Waals surface area contributed by atoms with Crippen LogP contribution in [0.1, 0.15) is 53.4 Å². The van der Waals surface area contributed by atoms with E-state index >= 15 is 0 Å². The Hall–Kier alpha value is -2.74. The zero-order valence-corrected chi connectivity index (χ0v) is 17.3. The van der Waals surface area contributed by atoms with Gasteiger partial charge in [0.15, 0.2) is 5.69 Å². The normalized spacial score (nSPS) is 13.9. The van der Waals surface area contributed by atoms with Gasteiger partial charge in [0.2, 0.25) is 0 Å². The van der Waals surface area contributed by atoms with Crippen molar-refractivity contribution < 1.29 is 13.6 Å². The molecule has 1 aromatic carbocycles. The molecule has 0 N–H and O–H groups in total. The van der Waals surface area contributed by atoms with Gasteiger partial charge in [0.1, 0.15) is 5.82 Å². The minimum atomic E-state index is -2.70. The Kier molecular flexibility index (Phi) is 5.85. The average molecular weight is 434 g/mol. The molecule has 30 heavy (non-hydrogen) atoms. The molecular weight excluding hydrogens is 412 g/mol. The Morgan fingerprint density at radius 2 is 1.93 bits per heavy atom. The number of rotatable bonds is 5. The first-order valence-corrected chi connectivity index (χ1v) is 10.3. The maximum Gasteiger partial charge on any atom is 0.319 e. The van der Waals surface area contributed by atoms with Crippen LogP contribution in [0.2, 0.25) is 5.02 Å². The van der Waals surface area contributed by atoms with Crippen molar-refractivity contribution in [3.8, 4) is 5.69 Å². The molecule has 1 amide bonds. The van der Waals surface area contributed by atoms with Gasteiger partial charge in [-0.25, -0.2) is 9.67 Å². The lowest BCUT2D eigenvalue weighted by atomic mass is 10.1. The number of amides is 1. The Morgan fingerprint density at radius 3 is 2.67 bits per heavy atom. The molecule has 1 aliphatic carbocycles. The minimum absolute atomic E-state index is 0.0290. The third kappa shape index (κ3) is 3.96. The Bertz CT molecular complexity index is 1040. The lowest BCUT2D eigenvalue weighted by Gasteiger charge is -2.17. The topological polar surface area (TPSA) is 56.0 Å². The van der Waals surface area contributed by atoms with Crippen molar-refractivity contribution in [1.29, 1.82) is 0 Å². The fourth-order valence-corrected chi connectivity index (χ4v) is 3.98. The van der Waals surface area contributed by atoms with Gasteiger partial charge >= 0.3 is 6.55 Å². The molecule has 0 atom stereocenters. The number of fused-ring (bicyclic) bond motifs is 1. The third-order valence-electron chi connectivity index (χ3n) is 5.39. The number of hydrogen-bond acceptors (Lipinski definition) is 3. The van der Waals surface area contributed by atoms with Gasteiger partial charge < -0.3 is 4.90 Å². The maximum absolute atomic E-state index is 13.2. The van der Waals surface area contributed by atoms with Crippen LogP contribution in [0.4, 0.5) is 8.78 Å². The van der Waals surface area contributed by atoms with Gasteiger partial charge in [-0.3, -0.25) is 9.36 Å². The van der Waals surface area contributed by atoms with E-state index in [4.69, 9.17) is 11.6 Å². The molecule has 0 saturated carbocycles. The summed E-state index contributed by atoms with van der Waals surface area (Å²) < 4.78 is 28.8. The predicted molar refractivity (Wildman–Crippen MR) is 109 cm³/mol. The molecule has 0 bridgehead atoms. The number of hydrogen-bond donors (Lipinski definition) is 0. The van der Waals surface area contributed by atoms with E-state index in [1.807, 2.05) is 16.8 Å². The summed E-state index contributed by atoms with van der Waals surface area (Å²) in [7, 11) is 1.58. The molecule has 0 unspecified atom stereocenters. The van der Waals surface area contributed by atoms with Crippen molar-refractivity contribution in [3.05, 3.63) is 64.5 Å². The fraction of sp³-hybridized carbons (Fsp3) is 0.381. The maximum atomic E-state index is 13.2. The van der Waals surface area contributed by atoms with E-state index in [1.54, 1.807) is 19.2 Å². The Balaban J connectivity index is 1.68. The van der Waals surface area contributed by atoms with Crippen LogP contribution in [0.15, 0.2) is 36.7 Å². The summed E-state index contributed by atoms with van der Waals surface area (Å²) in [6.07, 6.45) is 7.22. The fourth-order valence-electron chi connectivity index (χ4n) is 3.85. The molecule has 0 spiro atoms. The SMILES string of the molecule is CN(Cc1nccn1C(F)F)C(=O)c1nn(-c2ccc(Cl)cc2)c2c1CCCCC2. The summed E-state index contributed by atoms with van der Waals surface area (Å²) in [6, 6.07) is 7.33. The summed E-state index contributed by atoms with van der Waals surface area (Å²) in [5.74, 6) is -0.172. The van der Waals surface area contributed by atoms with Crippen LogP contribution in [-0.2, 0) is 19.4 Å². The molecule has 0 fully saturated rings. The van der Waals surface area contributed by atoms with Crippen molar-refractivity contribution in [2.45, 2.75) is 45.2 Å². The van der Waals surface area contributed by atoms with Gasteiger partial charge in [0, 0.05) is 35.7 Å². The average Bonchev–Trinajstić information content (AvgIpc) is 3.25. The van der Waals surface area contributed by atoms with Gasteiger partial charge in [0.25, 0.3) is 5.91 Å². The van der Waals surface area contributed by atoms with Crippen LogP contribution >= 0.6 is 11.6 Å². The summed E-state index contributed by atoms with van der Waals surface area (Å²) in [6.45, 7) is -2.73. The molecule has 6 nitrogen and oxygen atoms in total. The molecule has 4 rings (SSSR count). The van der Waals surface area contributed by atoms with Gasteiger partial charge in [0.05, 0.1) is 12.2 Å². The molecule has 2 heterocycles. The third-order valence-corrected chi connectivity index (χ3v) is 5.64. The Labute approximate surface area is 178 Å². The molecule has 1 aliphatic rings. The first kappa shape index (κ1) is 20.5. The number of nitrogens with zero attached hydrogens (tertiary/aromatic N) is 5. The zero-order chi connectivity index (χ0) is 21.3. The van der Waals surface area contributed by atoms with Crippen molar-refractivity contribution in [2.24, 2.45) is 0 Å². The number of carbonyl (C=O) groups excluding carboxylic acids is 1. The number of benzene rings is 1. The monoisotopic (exact) mass is 433 g/mol. The minimum Gasteiger partial charge on any atom is -0.333 e. The molecule has 0 radical (unpaired) electrons. The largest absolute Gasteiger partial charge is 0.333 e. The highest BCUT2D eigenvalue weighted by Crippen LogP contribution is 2.28. The van der Waals surface area contributed by atoms with Crippen molar-refractivity contribution in [1.82, 2.24) is 24.2 Å². The smallest absolute Gasteiger partial charge is 0.319 e. The molecule has 9 heteroatoms. The lowest BCUT2D eigenvalue weighted by molar-refractivity contribution is 0.0610. The zero-order valence-electron chi connectivity index (χ0n) is 16.6. The van der Waals surface area contributed by atoms with Crippen LogP contribution in [0.25, 0.3) is 5.69 Å². The van der Waals surface area contributed by atoms with Gasteiger partial charge in [-0.1, -0.05) is 18.0 Å². The number of alkyl halides is 2. The van der Waals surface area contributed by atoms with Gasteiger partial charge in [-0.2, -0.15) is 13.9 Å². The van der Waals surface area contributed by atoms with Crippen molar-refractivity contribution in [2.75, 3.05) is 7.05 Å². The highest BCUT2D eigenvalue weighted by atomic mass is 35.5. The second-order valence-electron chi connectivity index (χ2n) is 7.41. The van der Waals surface area contributed by atoms with E-state index in [2.05, 4.69) is 10.1 Å². The van der Waals surface area contributed by atoms with Gasteiger partial charge in [-0.05, 0) is 49.9 Å². The molecule has 0 aliphatic heterocycles. The molecular formula is C21H22ClF2N5O. The number of halogens is 3. The Morgan fingerprint density at radius 1 is 1.20 bits per heavy atom. The first-order valence-electron chi connectivity index (χ1n) is 9.87. The summed E-state index contributed by atoms with van der Waals surface area (Å²) in [4.78, 5) is 18.6. The second-order valence-corrected chi connectivity index (χ2v) is 7.85. The highest BCUT2D eigenvalue weighted by Gasteiger charge is 2.27. The van der Waals surface area contributed by atoms with E-state index in [0.29, 0.717) is 10.7 Å². The molecule has 2 aromatic heterocycles. The van der Waals surface area contributed by atoms with Crippen molar-refractivity contribution in [3.63, 3.8) is 0 Å². The predicted octanol–water partition coefficient (Wildman–Crippen LogP) is 4.66. The van der Waals surface area contributed by atoms with E-state index in [9.17, 15) is 13.6 Å². The van der Waals surface area contributed by atoms with Crippen LogP contribution in [0.3, 0.4) is 0 Å². The number of imidazole rings is 1. The number of aromatic nitrogens is 4. The van der Waals surface area contributed by atoms with Crippen LogP contribution in [0.5, 0.6) is 0 Å². The van der Waals surface area contributed by atoms with Crippen LogP contribution in [-0.4, -0.2) is 37.2 Å². The van der Waals surface area contributed by atoms with Gasteiger partial charge in [-0.15, -0.1) is 0 Å². The van der Waals surface area contributed by atoms with Crippen molar-refractivity contribution >= 4 is 17.5 Å². The number of carbonyl (C=O) groups is 1. The quantitative estimate of drug-likeness (QED) is 0.550. The van der Waals surface area contributed by atoms with Crippen LogP contribution in [0, 0.1) is 0 Å². The summed E-state index contributed by atoms with van der Waals surface area (Å²) >= 11 is 6.02. The van der Waals surface area contributed by atoms with E-state index in [0.717, 1.165) is 53.6 Å². The molecule has 158 valence electrons. The van der Waals surface area contributed by atoms with E-state index in [-0.39, 0.29) is 18.3 Å². The molecule has 0 saturated heterocycles. The summed E-state index contributed by atoms with van der Waals surface area (Å²) in [5, 5.41) is 5.28. The summed E-state index contributed by atoms with van der Waals surface area (Å²) in [5.41, 5.74) is 3.18. The molecule has 3 aromatic rings. The highest BCUT2D eigenvalue weighted by molar-refractivity contribution is 6.30. The first-order chi connectivity index (χ1) is 14.5. The standard InChI is InChI=1S/C21H22ClF2N5O/c1-27(13-18-25-11-12-28(18)21(23)24)20(30)19-16-5-3-2-4-6-17(16)29(26-19)15-9-7-14(22)8-10-15/h7-12,21H,2-6,13H2,1H3. The lowest BCUT2D eigenvalue weighted by Crippen LogP contribution is -2.29. The van der Waals surface area contributed by atoms with E-state index in [1.165, 1.54) is 17.3 Å². The second kappa shape index (κ2) is 8.55. The van der Waals surface area contributed by atoms with E-state index < -0.39 is 6.55 Å². The van der Waals surface area contributed by atoms with Crippen LogP contribution < -0.4 is 0 Å².